The average Bonchev–Trinajstić information content (AvgIpc) is 2.54. The summed E-state index contributed by atoms with van der Waals surface area (Å²) in [4.78, 5) is 0. The quantitative estimate of drug-likeness (QED) is 0.674. The summed E-state index contributed by atoms with van der Waals surface area (Å²) in [5.41, 5.74) is 6.22. The number of hydrogen-bond acceptors (Lipinski definition) is 2. The van der Waals surface area contributed by atoms with Crippen LogP contribution >= 0.6 is 0 Å². The van der Waals surface area contributed by atoms with Gasteiger partial charge in [0.25, 0.3) is 0 Å². The van der Waals surface area contributed by atoms with Crippen molar-refractivity contribution in [1.29, 1.82) is 0 Å². The molecule has 1 heterocycles. The van der Waals surface area contributed by atoms with E-state index in [9.17, 15) is 0 Å². The van der Waals surface area contributed by atoms with Gasteiger partial charge in [0.1, 0.15) is 0 Å². The first kappa shape index (κ1) is 9.47. The summed E-state index contributed by atoms with van der Waals surface area (Å²) in [5, 5.41) is 0. The largest absolute Gasteiger partial charge is 0.376 e. The lowest BCUT2D eigenvalue weighted by molar-refractivity contribution is 0.0269. The van der Waals surface area contributed by atoms with Gasteiger partial charge in [-0.15, -0.1) is 0 Å². The van der Waals surface area contributed by atoms with Crippen molar-refractivity contribution in [2.24, 2.45) is 17.1 Å². The average molecular weight is 183 g/mol. The van der Waals surface area contributed by atoms with Crippen LogP contribution in [0.5, 0.6) is 0 Å². The normalized spacial score (nSPS) is 45.7. The van der Waals surface area contributed by atoms with E-state index >= 15 is 0 Å². The number of rotatable bonds is 1. The maximum atomic E-state index is 5.75. The van der Waals surface area contributed by atoms with Gasteiger partial charge in [0.05, 0.1) is 6.10 Å². The third-order valence-corrected chi connectivity index (χ3v) is 4.09. The van der Waals surface area contributed by atoms with Crippen molar-refractivity contribution < 1.29 is 4.74 Å². The van der Waals surface area contributed by atoms with E-state index in [0.717, 1.165) is 12.5 Å². The van der Waals surface area contributed by atoms with Crippen molar-refractivity contribution in [3.63, 3.8) is 0 Å². The van der Waals surface area contributed by atoms with E-state index in [-0.39, 0.29) is 0 Å². The molecule has 0 aromatic heterocycles. The first-order chi connectivity index (χ1) is 6.27. The monoisotopic (exact) mass is 183 g/mol. The van der Waals surface area contributed by atoms with Crippen molar-refractivity contribution >= 4 is 0 Å². The Kier molecular flexibility index (Phi) is 2.61. The second-order valence-corrected chi connectivity index (χ2v) is 4.89. The molecular formula is C11H21NO. The fourth-order valence-electron chi connectivity index (χ4n) is 2.97. The molecular weight excluding hydrogens is 162 g/mol. The van der Waals surface area contributed by atoms with Gasteiger partial charge in [-0.1, -0.05) is 19.8 Å². The highest BCUT2D eigenvalue weighted by molar-refractivity contribution is 4.95. The molecule has 0 amide bonds. The molecule has 2 nitrogen and oxygen atoms in total. The molecule has 2 rings (SSSR count). The van der Waals surface area contributed by atoms with Crippen LogP contribution in [0.2, 0.25) is 0 Å². The molecule has 0 aromatic carbocycles. The molecule has 1 aliphatic heterocycles. The summed E-state index contributed by atoms with van der Waals surface area (Å²) in [6.07, 6.45) is 7.05. The minimum atomic E-state index is 0.361. The Morgan fingerprint density at radius 3 is 2.62 bits per heavy atom. The predicted octanol–water partition coefficient (Wildman–Crippen LogP) is 1.93. The molecule has 0 radical (unpaired) electrons. The Morgan fingerprint density at radius 1 is 1.31 bits per heavy atom. The molecule has 2 fully saturated rings. The lowest BCUT2D eigenvalue weighted by Gasteiger charge is -2.39. The molecule has 1 spiro atoms. The minimum absolute atomic E-state index is 0.361. The van der Waals surface area contributed by atoms with Crippen LogP contribution in [0.3, 0.4) is 0 Å². The highest BCUT2D eigenvalue weighted by Gasteiger charge is 2.44. The minimum Gasteiger partial charge on any atom is -0.376 e. The Bertz CT molecular complexity index is 173. The molecule has 2 heteroatoms. The molecule has 0 bridgehead atoms. The van der Waals surface area contributed by atoms with E-state index in [2.05, 4.69) is 6.92 Å². The molecule has 1 saturated carbocycles. The number of nitrogens with two attached hydrogens (primary N) is 1. The topological polar surface area (TPSA) is 35.2 Å². The van der Waals surface area contributed by atoms with Gasteiger partial charge in [-0.05, 0) is 25.2 Å². The predicted molar refractivity (Wildman–Crippen MR) is 53.5 cm³/mol. The van der Waals surface area contributed by atoms with Gasteiger partial charge in [-0.2, -0.15) is 0 Å². The van der Waals surface area contributed by atoms with E-state index in [1.807, 2.05) is 0 Å². The van der Waals surface area contributed by atoms with Crippen molar-refractivity contribution in [3.8, 4) is 0 Å². The molecule has 1 saturated heterocycles. The van der Waals surface area contributed by atoms with E-state index in [0.29, 0.717) is 18.1 Å². The van der Waals surface area contributed by atoms with Crippen molar-refractivity contribution in [2.75, 3.05) is 13.2 Å². The van der Waals surface area contributed by atoms with Gasteiger partial charge in [-0.3, -0.25) is 0 Å². The van der Waals surface area contributed by atoms with E-state index < -0.39 is 0 Å². The third kappa shape index (κ3) is 1.62. The molecule has 2 aliphatic rings. The second-order valence-electron chi connectivity index (χ2n) is 4.89. The summed E-state index contributed by atoms with van der Waals surface area (Å²) >= 11 is 0. The second kappa shape index (κ2) is 3.58. The molecule has 1 unspecified atom stereocenters. The molecule has 0 aromatic rings. The lowest BCUT2D eigenvalue weighted by Crippen LogP contribution is -2.39. The van der Waals surface area contributed by atoms with Gasteiger partial charge < -0.3 is 10.5 Å². The van der Waals surface area contributed by atoms with Gasteiger partial charge in [0.2, 0.25) is 0 Å². The molecule has 1 atom stereocenters. The third-order valence-electron chi connectivity index (χ3n) is 4.09. The molecule has 76 valence electrons. The van der Waals surface area contributed by atoms with Crippen LogP contribution in [-0.2, 0) is 4.74 Å². The summed E-state index contributed by atoms with van der Waals surface area (Å²) in [6, 6.07) is 0. The van der Waals surface area contributed by atoms with Crippen LogP contribution in [0.15, 0.2) is 0 Å². The fraction of sp³-hybridized carbons (Fsp3) is 1.00. The zero-order chi connectivity index (χ0) is 9.31. The standard InChI is InChI=1S/C11H21NO/c1-9-2-4-11(5-3-9)6-7-13-10(11)8-12/h9-10H,2-8,12H2,1H3. The lowest BCUT2D eigenvalue weighted by atomic mass is 9.67. The Labute approximate surface area is 80.8 Å². The van der Waals surface area contributed by atoms with Crippen LogP contribution in [0.25, 0.3) is 0 Å². The van der Waals surface area contributed by atoms with Gasteiger partial charge in [0, 0.05) is 18.6 Å². The van der Waals surface area contributed by atoms with Gasteiger partial charge in [0.15, 0.2) is 0 Å². The maximum absolute atomic E-state index is 5.75. The summed E-state index contributed by atoms with van der Waals surface area (Å²) < 4.78 is 5.71. The summed E-state index contributed by atoms with van der Waals surface area (Å²) in [6.45, 7) is 4.02. The van der Waals surface area contributed by atoms with E-state index in [1.54, 1.807) is 0 Å². The number of hydrogen-bond donors (Lipinski definition) is 1. The van der Waals surface area contributed by atoms with Crippen LogP contribution in [0.1, 0.15) is 39.0 Å². The first-order valence-corrected chi connectivity index (χ1v) is 5.58. The highest BCUT2D eigenvalue weighted by Crippen LogP contribution is 2.48. The van der Waals surface area contributed by atoms with Crippen LogP contribution < -0.4 is 5.73 Å². The smallest absolute Gasteiger partial charge is 0.0754 e. The van der Waals surface area contributed by atoms with Gasteiger partial charge >= 0.3 is 0 Å². The Hall–Kier alpha value is -0.0800. The number of ether oxygens (including phenoxy) is 1. The maximum Gasteiger partial charge on any atom is 0.0754 e. The summed E-state index contributed by atoms with van der Waals surface area (Å²) in [5.74, 6) is 0.921. The molecule has 2 N–H and O–H groups in total. The SMILES string of the molecule is CC1CCC2(CCOC2CN)CC1. The zero-order valence-electron chi connectivity index (χ0n) is 8.59. The van der Waals surface area contributed by atoms with Crippen molar-refractivity contribution in [3.05, 3.63) is 0 Å². The fourth-order valence-corrected chi connectivity index (χ4v) is 2.97. The Balaban J connectivity index is 2.02. The van der Waals surface area contributed by atoms with E-state index in [4.69, 9.17) is 10.5 Å². The Morgan fingerprint density at radius 2 is 2.00 bits per heavy atom. The van der Waals surface area contributed by atoms with E-state index in [1.165, 1.54) is 32.1 Å². The van der Waals surface area contributed by atoms with Crippen molar-refractivity contribution in [1.82, 2.24) is 0 Å². The van der Waals surface area contributed by atoms with Crippen LogP contribution in [-0.4, -0.2) is 19.3 Å². The molecule has 1 aliphatic carbocycles. The van der Waals surface area contributed by atoms with Crippen LogP contribution in [0, 0.1) is 11.3 Å². The first-order valence-electron chi connectivity index (χ1n) is 5.58. The van der Waals surface area contributed by atoms with Crippen molar-refractivity contribution in [2.45, 2.75) is 45.1 Å². The molecule has 13 heavy (non-hydrogen) atoms. The van der Waals surface area contributed by atoms with Crippen LogP contribution in [0.4, 0.5) is 0 Å². The highest BCUT2D eigenvalue weighted by atomic mass is 16.5. The van der Waals surface area contributed by atoms with Gasteiger partial charge in [-0.25, -0.2) is 0 Å². The summed E-state index contributed by atoms with van der Waals surface area (Å²) in [7, 11) is 0. The zero-order valence-corrected chi connectivity index (χ0v) is 8.59.